The Kier molecular flexibility index (Phi) is 9.47. The molecule has 0 saturated carbocycles. The second-order valence-corrected chi connectivity index (χ2v) is 11.1. The van der Waals surface area contributed by atoms with Crippen molar-refractivity contribution in [1.82, 2.24) is 15.0 Å². The number of aliphatic carboxylic acids is 2. The SMILES string of the molecule is C=Cc1c2[n-]c(c1C)/C=C1\[N-]C(Cc3[n-]c(c(CCC(=O)O)c3C)/C=c3\[n-]/c(c(C)c3CCC(=O)O)=C\2)C(C)=C1CC.[Fe+4]. The van der Waals surface area contributed by atoms with E-state index in [1.165, 1.54) is 11.1 Å². The molecule has 9 heteroatoms. The van der Waals surface area contributed by atoms with Crippen molar-refractivity contribution in [3.8, 4) is 0 Å². The quantitative estimate of drug-likeness (QED) is 0.361. The van der Waals surface area contributed by atoms with Crippen LogP contribution in [0.1, 0.15) is 89.3 Å². The minimum atomic E-state index is -0.884. The Hall–Kier alpha value is -3.94. The summed E-state index contributed by atoms with van der Waals surface area (Å²) in [6.45, 7) is 14.3. The largest absolute Gasteiger partial charge is 4.00 e. The van der Waals surface area contributed by atoms with Crippen LogP contribution >= 0.6 is 0 Å². The monoisotopic (exact) mass is 620 g/mol. The first-order valence-corrected chi connectivity index (χ1v) is 14.4. The van der Waals surface area contributed by atoms with Gasteiger partial charge in [0.15, 0.2) is 0 Å². The molecule has 1 atom stereocenters. The van der Waals surface area contributed by atoms with Crippen LogP contribution in [0.3, 0.4) is 0 Å². The third-order valence-electron chi connectivity index (χ3n) is 8.66. The number of hydrogen-bond acceptors (Lipinski definition) is 2. The van der Waals surface area contributed by atoms with Crippen molar-refractivity contribution in [2.75, 3.05) is 0 Å². The van der Waals surface area contributed by atoms with Crippen molar-refractivity contribution in [3.63, 3.8) is 0 Å². The van der Waals surface area contributed by atoms with Crippen molar-refractivity contribution >= 4 is 36.2 Å². The van der Waals surface area contributed by atoms with Crippen LogP contribution in [0.15, 0.2) is 23.4 Å². The van der Waals surface area contributed by atoms with E-state index in [1.807, 2.05) is 39.0 Å². The van der Waals surface area contributed by atoms with Crippen molar-refractivity contribution in [2.24, 2.45) is 0 Å². The molecule has 0 saturated heterocycles. The molecular weight excluding hydrogens is 584 g/mol. The van der Waals surface area contributed by atoms with Crippen molar-refractivity contribution in [1.29, 1.82) is 0 Å². The van der Waals surface area contributed by atoms with Gasteiger partial charge in [0.2, 0.25) is 0 Å². The summed E-state index contributed by atoms with van der Waals surface area (Å²) in [5, 5.41) is 25.4. The molecule has 2 aliphatic heterocycles. The van der Waals surface area contributed by atoms with Crippen LogP contribution in [0.5, 0.6) is 0 Å². The van der Waals surface area contributed by atoms with E-state index in [0.717, 1.165) is 62.6 Å². The van der Waals surface area contributed by atoms with E-state index in [9.17, 15) is 19.8 Å². The van der Waals surface area contributed by atoms with E-state index >= 15 is 0 Å². The summed E-state index contributed by atoms with van der Waals surface area (Å²) in [7, 11) is 0. The van der Waals surface area contributed by atoms with E-state index in [1.54, 1.807) is 0 Å². The maximum absolute atomic E-state index is 11.5. The van der Waals surface area contributed by atoms with E-state index < -0.39 is 11.9 Å². The fraction of sp³-hybridized carbons (Fsp3) is 0.353. The molecule has 0 aromatic carbocycles. The van der Waals surface area contributed by atoms with E-state index in [4.69, 9.17) is 20.3 Å². The summed E-state index contributed by atoms with van der Waals surface area (Å²) < 4.78 is 0. The Morgan fingerprint density at radius 1 is 0.860 bits per heavy atom. The molecule has 5 rings (SSSR count). The molecule has 2 aliphatic rings. The van der Waals surface area contributed by atoms with Gasteiger partial charge in [-0.3, -0.25) is 9.59 Å². The van der Waals surface area contributed by atoms with Crippen LogP contribution in [-0.4, -0.2) is 28.2 Å². The molecule has 1 unspecified atom stereocenters. The first-order chi connectivity index (χ1) is 20.0. The Morgan fingerprint density at radius 3 is 2.14 bits per heavy atom. The Bertz CT molecular complexity index is 1800. The van der Waals surface area contributed by atoms with Gasteiger partial charge in [-0.05, 0) is 52.5 Å². The zero-order valence-corrected chi connectivity index (χ0v) is 26.3. The van der Waals surface area contributed by atoms with Gasteiger partial charge in [0, 0.05) is 12.8 Å². The fourth-order valence-electron chi connectivity index (χ4n) is 6.18. The van der Waals surface area contributed by atoms with E-state index in [0.29, 0.717) is 35.7 Å². The van der Waals surface area contributed by atoms with E-state index in [-0.39, 0.29) is 36.0 Å². The van der Waals surface area contributed by atoms with Crippen LogP contribution in [-0.2, 0) is 45.9 Å². The molecule has 0 aliphatic carbocycles. The zero-order valence-electron chi connectivity index (χ0n) is 25.2. The normalized spacial score (nSPS) is 18.4. The van der Waals surface area contributed by atoms with Gasteiger partial charge in [0.1, 0.15) is 0 Å². The molecule has 2 N–H and O–H groups in total. The van der Waals surface area contributed by atoms with Gasteiger partial charge in [-0.2, -0.15) is 5.69 Å². The van der Waals surface area contributed by atoms with Crippen molar-refractivity contribution in [2.45, 2.75) is 79.2 Å². The van der Waals surface area contributed by atoms with Gasteiger partial charge in [0.25, 0.3) is 0 Å². The number of carboxylic acid groups (broad SMARTS) is 2. The van der Waals surface area contributed by atoms with Gasteiger partial charge >= 0.3 is 29.0 Å². The molecular formula is C34H36FeN4O4. The average molecular weight is 621 g/mol. The molecule has 43 heavy (non-hydrogen) atoms. The Balaban J connectivity index is 0.00000423. The number of nitrogens with zero attached hydrogens (tertiary/aromatic N) is 4. The van der Waals surface area contributed by atoms with Gasteiger partial charge in [-0.25, -0.2) is 0 Å². The smallest absolute Gasteiger partial charge is 0.678 e. The number of allylic oxidation sites excluding steroid dienone is 1. The van der Waals surface area contributed by atoms with Crippen LogP contribution in [0.25, 0.3) is 29.6 Å². The third-order valence-corrected chi connectivity index (χ3v) is 8.66. The van der Waals surface area contributed by atoms with Crippen molar-refractivity contribution < 1.29 is 36.9 Å². The van der Waals surface area contributed by atoms with Crippen LogP contribution < -0.4 is 25.7 Å². The summed E-state index contributed by atoms with van der Waals surface area (Å²) in [4.78, 5) is 38.0. The first-order valence-electron chi connectivity index (χ1n) is 14.4. The number of carboxylic acids is 2. The maximum atomic E-state index is 11.5. The molecule has 3 aromatic heterocycles. The standard InChI is InChI=1S/C34H36N4O4.Fe/c1-7-21-17(3)25-13-26-19(5)23(9-11-33(39)40)31(37-26)16-32-24(10-12-34(41)42)20(6)28(38-32)15-30-22(8-2)18(4)27(36-30)14-29(21)35-25;/h8,14-16,25H,2,7,9-13H2,1,3-6H3,(H,39,40)(H,41,42);/q-4;+4/b28-15-,29-14-,32-16-;. The number of aromatic nitrogens is 3. The fourth-order valence-corrected chi connectivity index (χ4v) is 6.18. The van der Waals surface area contributed by atoms with E-state index in [2.05, 4.69) is 26.5 Å². The summed E-state index contributed by atoms with van der Waals surface area (Å²) >= 11 is 0. The third kappa shape index (κ3) is 6.10. The van der Waals surface area contributed by atoms with Crippen LogP contribution in [0.2, 0.25) is 0 Å². The molecule has 3 aromatic rings. The molecule has 5 heterocycles. The number of rotatable bonds is 8. The first kappa shape index (κ1) is 32.0. The number of carbonyl (C=O) groups is 2. The van der Waals surface area contributed by atoms with Gasteiger partial charge in [-0.1, -0.05) is 89.2 Å². The molecule has 8 bridgehead atoms. The van der Waals surface area contributed by atoms with Gasteiger partial charge in [-0.15, -0.1) is 33.5 Å². The molecule has 0 spiro atoms. The minimum absolute atomic E-state index is 0. The second-order valence-electron chi connectivity index (χ2n) is 11.1. The molecule has 224 valence electrons. The van der Waals surface area contributed by atoms with Crippen molar-refractivity contribution in [3.05, 3.63) is 95.6 Å². The number of hydrogen-bond donors (Lipinski definition) is 2. The summed E-state index contributed by atoms with van der Waals surface area (Å²) in [5.41, 5.74) is 12.0. The van der Waals surface area contributed by atoms with Gasteiger partial charge < -0.3 is 30.5 Å². The summed E-state index contributed by atoms with van der Waals surface area (Å²) in [6, 6.07) is -0.0786. The summed E-state index contributed by atoms with van der Waals surface area (Å²) in [5.74, 6) is -1.75. The summed E-state index contributed by atoms with van der Waals surface area (Å²) in [6.07, 6.45) is 9.75. The Morgan fingerprint density at radius 2 is 1.51 bits per heavy atom. The molecule has 8 nitrogen and oxygen atoms in total. The maximum Gasteiger partial charge on any atom is 4.00 e. The predicted octanol–water partition coefficient (Wildman–Crippen LogP) is 4.20. The molecule has 0 amide bonds. The minimum Gasteiger partial charge on any atom is -0.678 e. The number of fused-ring (bicyclic) bond motifs is 8. The van der Waals surface area contributed by atoms with Gasteiger partial charge in [0.05, 0.1) is 0 Å². The Labute approximate surface area is 262 Å². The van der Waals surface area contributed by atoms with Crippen LogP contribution in [0.4, 0.5) is 0 Å². The predicted molar refractivity (Wildman–Crippen MR) is 164 cm³/mol. The average Bonchev–Trinajstić information content (AvgIpc) is 3.59. The second kappa shape index (κ2) is 12.7. The zero-order chi connectivity index (χ0) is 30.3. The topological polar surface area (TPSA) is 131 Å². The van der Waals surface area contributed by atoms with Crippen LogP contribution in [0, 0.1) is 20.8 Å². The molecule has 0 radical (unpaired) electrons. The molecule has 0 fully saturated rings.